The monoisotopic (exact) mass is 361 g/mol. The third-order valence-electron chi connectivity index (χ3n) is 3.44. The van der Waals surface area contributed by atoms with E-state index in [9.17, 15) is 8.78 Å². The molecule has 1 saturated heterocycles. The first-order valence-corrected chi connectivity index (χ1v) is 7.50. The second-order valence-electron chi connectivity index (χ2n) is 4.75. The highest BCUT2D eigenvalue weighted by Crippen LogP contribution is 2.33. The second kappa shape index (κ2) is 5.41. The molecule has 0 bridgehead atoms. The Kier molecular flexibility index (Phi) is 3.77. The fourth-order valence-corrected chi connectivity index (χ4v) is 2.94. The Labute approximate surface area is 128 Å². The molecule has 0 unspecified atom stereocenters. The van der Waals surface area contributed by atoms with E-state index in [1.54, 1.807) is 0 Å². The topological polar surface area (TPSA) is 29.0 Å². The molecule has 0 saturated carbocycles. The molecule has 1 aliphatic rings. The molecule has 2 aromatic rings. The van der Waals surface area contributed by atoms with Crippen LogP contribution < -0.4 is 4.90 Å². The van der Waals surface area contributed by atoms with Crippen molar-refractivity contribution in [3.8, 4) is 0 Å². The average Bonchev–Trinajstić information content (AvgIpc) is 2.46. The van der Waals surface area contributed by atoms with E-state index in [-0.39, 0.29) is 15.3 Å². The minimum Gasteiger partial charge on any atom is -0.356 e. The van der Waals surface area contributed by atoms with Crippen molar-refractivity contribution in [2.24, 2.45) is 0 Å². The molecule has 0 N–H and O–H groups in total. The molecule has 1 fully saturated rings. The number of fused-ring (bicyclic) bond motifs is 1. The van der Waals surface area contributed by atoms with E-state index in [4.69, 9.17) is 11.6 Å². The molecule has 0 aliphatic carbocycles. The summed E-state index contributed by atoms with van der Waals surface area (Å²) in [7, 11) is 0. The van der Waals surface area contributed by atoms with Crippen LogP contribution in [0.25, 0.3) is 10.9 Å². The highest BCUT2D eigenvalue weighted by atomic mass is 79.9. The summed E-state index contributed by atoms with van der Waals surface area (Å²) in [4.78, 5) is 10.1. The van der Waals surface area contributed by atoms with Crippen LogP contribution in [0.3, 0.4) is 0 Å². The van der Waals surface area contributed by atoms with Gasteiger partial charge in [0.05, 0.1) is 4.47 Å². The minimum atomic E-state index is -0.748. The van der Waals surface area contributed by atoms with Gasteiger partial charge in [-0.15, -0.1) is 0 Å². The number of anilines is 1. The first-order chi connectivity index (χ1) is 9.58. The Morgan fingerprint density at radius 3 is 2.55 bits per heavy atom. The zero-order chi connectivity index (χ0) is 14.3. The molecule has 0 radical (unpaired) electrons. The molecule has 7 heteroatoms. The van der Waals surface area contributed by atoms with Crippen molar-refractivity contribution >= 4 is 44.3 Å². The molecule has 0 amide bonds. The van der Waals surface area contributed by atoms with Gasteiger partial charge in [-0.25, -0.2) is 13.8 Å². The van der Waals surface area contributed by atoms with E-state index >= 15 is 0 Å². The largest absolute Gasteiger partial charge is 0.356 e. The third-order valence-corrected chi connectivity index (χ3v) is 4.33. The number of rotatable bonds is 1. The van der Waals surface area contributed by atoms with Gasteiger partial charge in [0.25, 0.3) is 0 Å². The lowest BCUT2D eigenvalue weighted by Gasteiger charge is -2.28. The lowest BCUT2D eigenvalue weighted by molar-refractivity contribution is 0.570. The molecule has 1 aromatic heterocycles. The molecule has 0 spiro atoms. The van der Waals surface area contributed by atoms with Crippen LogP contribution in [-0.2, 0) is 0 Å². The minimum absolute atomic E-state index is 0.0320. The zero-order valence-corrected chi connectivity index (χ0v) is 12.8. The van der Waals surface area contributed by atoms with E-state index in [0.717, 1.165) is 32.4 Å². The SMILES string of the molecule is Fc1cc2c(N3CCCCC3)nc(Cl)nc2c(F)c1Br. The summed E-state index contributed by atoms with van der Waals surface area (Å²) in [5, 5.41) is 0.324. The van der Waals surface area contributed by atoms with E-state index < -0.39 is 11.6 Å². The predicted molar refractivity (Wildman–Crippen MR) is 78.2 cm³/mol. The number of hydrogen-bond donors (Lipinski definition) is 0. The highest BCUT2D eigenvalue weighted by Gasteiger charge is 2.21. The number of hydrogen-bond acceptors (Lipinski definition) is 3. The van der Waals surface area contributed by atoms with Crippen LogP contribution in [0.15, 0.2) is 10.5 Å². The summed E-state index contributed by atoms with van der Waals surface area (Å²) < 4.78 is 27.7. The second-order valence-corrected chi connectivity index (χ2v) is 5.88. The van der Waals surface area contributed by atoms with Crippen LogP contribution in [0.5, 0.6) is 0 Å². The van der Waals surface area contributed by atoms with Gasteiger partial charge in [0.1, 0.15) is 17.2 Å². The summed E-state index contributed by atoms with van der Waals surface area (Å²) in [6, 6.07) is 1.25. The molecular formula is C13H11BrClF2N3. The lowest BCUT2D eigenvalue weighted by Crippen LogP contribution is -2.30. The Morgan fingerprint density at radius 2 is 1.85 bits per heavy atom. The molecule has 0 atom stereocenters. The number of benzene rings is 1. The van der Waals surface area contributed by atoms with Gasteiger partial charge >= 0.3 is 0 Å². The van der Waals surface area contributed by atoms with Crippen LogP contribution in [0.1, 0.15) is 19.3 Å². The summed E-state index contributed by atoms with van der Waals surface area (Å²) >= 11 is 8.76. The number of piperidine rings is 1. The molecule has 1 aliphatic heterocycles. The molecular weight excluding hydrogens is 352 g/mol. The molecule has 106 valence electrons. The van der Waals surface area contributed by atoms with Crippen molar-refractivity contribution in [3.05, 3.63) is 27.5 Å². The van der Waals surface area contributed by atoms with E-state index in [1.807, 2.05) is 4.90 Å². The molecule has 1 aromatic carbocycles. The summed E-state index contributed by atoms with van der Waals surface area (Å²) in [6.45, 7) is 1.61. The van der Waals surface area contributed by atoms with Gasteiger partial charge in [0.15, 0.2) is 5.82 Å². The van der Waals surface area contributed by atoms with Crippen molar-refractivity contribution in [1.29, 1.82) is 0 Å². The van der Waals surface area contributed by atoms with Crippen LogP contribution in [0.4, 0.5) is 14.6 Å². The van der Waals surface area contributed by atoms with Gasteiger partial charge in [0.2, 0.25) is 5.28 Å². The quantitative estimate of drug-likeness (QED) is 0.559. The number of aromatic nitrogens is 2. The average molecular weight is 363 g/mol. The van der Waals surface area contributed by atoms with Crippen molar-refractivity contribution < 1.29 is 8.78 Å². The van der Waals surface area contributed by atoms with Crippen LogP contribution in [0, 0.1) is 11.6 Å². The van der Waals surface area contributed by atoms with E-state index in [0.29, 0.717) is 11.2 Å². The van der Waals surface area contributed by atoms with Gasteiger partial charge < -0.3 is 4.90 Å². The Hall–Kier alpha value is -1.01. The molecule has 2 heterocycles. The van der Waals surface area contributed by atoms with Crippen molar-refractivity contribution in [2.75, 3.05) is 18.0 Å². The number of halogens is 4. The maximum Gasteiger partial charge on any atom is 0.225 e. The van der Waals surface area contributed by atoms with Gasteiger partial charge in [0, 0.05) is 18.5 Å². The van der Waals surface area contributed by atoms with E-state index in [2.05, 4.69) is 25.9 Å². The van der Waals surface area contributed by atoms with Gasteiger partial charge in [-0.1, -0.05) is 0 Å². The van der Waals surface area contributed by atoms with Crippen molar-refractivity contribution in [2.45, 2.75) is 19.3 Å². The summed E-state index contributed by atoms with van der Waals surface area (Å²) in [5.74, 6) is -0.910. The highest BCUT2D eigenvalue weighted by molar-refractivity contribution is 9.10. The maximum atomic E-state index is 14.1. The molecule has 3 rings (SSSR count). The smallest absolute Gasteiger partial charge is 0.225 e. The standard InChI is InChI=1S/C13H11BrClF2N3/c14-9-8(16)6-7-11(10(9)17)18-13(15)19-12(7)20-4-2-1-3-5-20/h6H,1-5H2. The Morgan fingerprint density at radius 1 is 1.15 bits per heavy atom. The van der Waals surface area contributed by atoms with Gasteiger partial charge in [-0.2, -0.15) is 4.98 Å². The third kappa shape index (κ3) is 2.35. The van der Waals surface area contributed by atoms with Crippen LogP contribution in [-0.4, -0.2) is 23.1 Å². The first-order valence-electron chi connectivity index (χ1n) is 6.33. The van der Waals surface area contributed by atoms with Crippen molar-refractivity contribution in [3.63, 3.8) is 0 Å². The maximum absolute atomic E-state index is 14.1. The molecule has 20 heavy (non-hydrogen) atoms. The van der Waals surface area contributed by atoms with Gasteiger partial charge in [-0.05, 0) is 52.9 Å². The predicted octanol–water partition coefficient (Wildman–Crippen LogP) is 4.31. The fourth-order valence-electron chi connectivity index (χ4n) is 2.48. The Bertz CT molecular complexity index is 674. The summed E-state index contributed by atoms with van der Waals surface area (Å²) in [6.07, 6.45) is 3.22. The Balaban J connectivity index is 2.25. The number of nitrogens with zero attached hydrogens (tertiary/aromatic N) is 3. The normalized spacial score (nSPS) is 15.9. The molecule has 3 nitrogen and oxygen atoms in total. The van der Waals surface area contributed by atoms with Crippen LogP contribution in [0.2, 0.25) is 5.28 Å². The van der Waals surface area contributed by atoms with Gasteiger partial charge in [-0.3, -0.25) is 0 Å². The zero-order valence-electron chi connectivity index (χ0n) is 10.5. The van der Waals surface area contributed by atoms with E-state index in [1.165, 1.54) is 6.07 Å². The lowest BCUT2D eigenvalue weighted by atomic mass is 10.1. The van der Waals surface area contributed by atoms with Crippen LogP contribution >= 0.6 is 27.5 Å². The summed E-state index contributed by atoms with van der Waals surface area (Å²) in [5.41, 5.74) is 0.0406. The fraction of sp³-hybridized carbons (Fsp3) is 0.385. The van der Waals surface area contributed by atoms with Crippen molar-refractivity contribution in [1.82, 2.24) is 9.97 Å². The first kappa shape index (κ1) is 13.9.